The summed E-state index contributed by atoms with van der Waals surface area (Å²) in [4.78, 5) is 19.7. The standard InChI is InChI=1S/C25H26BrF2N3O/c1-15-5-8-17(9-6-15)31-22-12-7-16(26)13-21(22)29-25(31)23-3-2-4-24(32)30(23)18-10-11-19(27)20(28)14-18/h7,10-15,17,23H,2-6,8-9H2,1H3/t15-,17-,23-/m0/s1. The van der Waals surface area contributed by atoms with E-state index in [0.717, 1.165) is 72.0 Å². The second kappa shape index (κ2) is 8.58. The molecule has 1 saturated carbocycles. The summed E-state index contributed by atoms with van der Waals surface area (Å²) in [5, 5.41) is 0. The average Bonchev–Trinajstić information content (AvgIpc) is 3.14. The van der Waals surface area contributed by atoms with Crippen molar-refractivity contribution in [1.29, 1.82) is 0 Å². The van der Waals surface area contributed by atoms with Crippen LogP contribution in [0.25, 0.3) is 11.0 Å². The van der Waals surface area contributed by atoms with Gasteiger partial charge in [0, 0.05) is 28.7 Å². The Labute approximate surface area is 194 Å². The third-order valence-corrected chi connectivity index (χ3v) is 7.45. The molecule has 0 unspecified atom stereocenters. The number of halogens is 3. The summed E-state index contributed by atoms with van der Waals surface area (Å²) in [7, 11) is 0. The van der Waals surface area contributed by atoms with E-state index in [2.05, 4.69) is 33.5 Å². The molecule has 1 amide bonds. The molecule has 7 heteroatoms. The summed E-state index contributed by atoms with van der Waals surface area (Å²) < 4.78 is 30.9. The number of hydrogen-bond donors (Lipinski definition) is 0. The van der Waals surface area contributed by atoms with E-state index in [1.54, 1.807) is 4.90 Å². The van der Waals surface area contributed by atoms with Gasteiger partial charge in [-0.1, -0.05) is 22.9 Å². The zero-order chi connectivity index (χ0) is 22.4. The van der Waals surface area contributed by atoms with Crippen molar-refractivity contribution in [2.75, 3.05) is 4.90 Å². The van der Waals surface area contributed by atoms with Crippen LogP contribution in [0, 0.1) is 17.6 Å². The summed E-state index contributed by atoms with van der Waals surface area (Å²) in [5.41, 5.74) is 2.33. The molecule has 1 saturated heterocycles. The second-order valence-corrected chi connectivity index (χ2v) is 10.1. The predicted octanol–water partition coefficient (Wildman–Crippen LogP) is 7.09. The molecule has 4 nitrogen and oxygen atoms in total. The maximum Gasteiger partial charge on any atom is 0.227 e. The van der Waals surface area contributed by atoms with Crippen LogP contribution >= 0.6 is 15.9 Å². The fourth-order valence-corrected chi connectivity index (χ4v) is 5.63. The first-order valence-corrected chi connectivity index (χ1v) is 12.2. The summed E-state index contributed by atoms with van der Waals surface area (Å²) in [6.07, 6.45) is 6.34. The monoisotopic (exact) mass is 501 g/mol. The molecule has 5 rings (SSSR count). The molecule has 1 atom stereocenters. The van der Waals surface area contributed by atoms with Gasteiger partial charge in [-0.15, -0.1) is 0 Å². The topological polar surface area (TPSA) is 38.1 Å². The highest BCUT2D eigenvalue weighted by Crippen LogP contribution is 2.41. The minimum absolute atomic E-state index is 0.0793. The zero-order valence-corrected chi connectivity index (χ0v) is 19.6. The van der Waals surface area contributed by atoms with Crippen molar-refractivity contribution in [1.82, 2.24) is 9.55 Å². The number of hydrogen-bond acceptors (Lipinski definition) is 2. The van der Waals surface area contributed by atoms with E-state index in [0.29, 0.717) is 24.1 Å². The average molecular weight is 502 g/mol. The zero-order valence-electron chi connectivity index (χ0n) is 18.0. The van der Waals surface area contributed by atoms with Gasteiger partial charge in [-0.3, -0.25) is 4.79 Å². The Morgan fingerprint density at radius 2 is 1.78 bits per heavy atom. The van der Waals surface area contributed by atoms with E-state index in [9.17, 15) is 13.6 Å². The molecule has 3 aromatic rings. The van der Waals surface area contributed by atoms with Crippen LogP contribution in [0.3, 0.4) is 0 Å². The van der Waals surface area contributed by atoms with Gasteiger partial charge in [-0.2, -0.15) is 0 Å². The number of carbonyl (C=O) groups is 1. The number of amides is 1. The van der Waals surface area contributed by atoms with Crippen LogP contribution in [-0.2, 0) is 4.79 Å². The van der Waals surface area contributed by atoms with E-state index >= 15 is 0 Å². The van der Waals surface area contributed by atoms with Crippen LogP contribution in [0.4, 0.5) is 14.5 Å². The number of carbonyl (C=O) groups excluding carboxylic acids is 1. The minimum Gasteiger partial charge on any atom is -0.323 e. The summed E-state index contributed by atoms with van der Waals surface area (Å²) >= 11 is 3.55. The summed E-state index contributed by atoms with van der Waals surface area (Å²) in [6.45, 7) is 2.30. The van der Waals surface area contributed by atoms with Gasteiger partial charge in [0.15, 0.2) is 11.6 Å². The Morgan fingerprint density at radius 1 is 1.00 bits per heavy atom. The number of anilines is 1. The van der Waals surface area contributed by atoms with Crippen LogP contribution in [0.15, 0.2) is 40.9 Å². The molecule has 2 aromatic carbocycles. The van der Waals surface area contributed by atoms with Crippen LogP contribution in [0.5, 0.6) is 0 Å². The van der Waals surface area contributed by atoms with Crippen LogP contribution < -0.4 is 4.90 Å². The summed E-state index contributed by atoms with van der Waals surface area (Å²) in [5.74, 6) is -0.380. The highest BCUT2D eigenvalue weighted by molar-refractivity contribution is 9.10. The first-order chi connectivity index (χ1) is 15.4. The lowest BCUT2D eigenvalue weighted by Gasteiger charge is -2.37. The van der Waals surface area contributed by atoms with Crippen molar-refractivity contribution in [3.05, 3.63) is 58.3 Å². The predicted molar refractivity (Wildman–Crippen MR) is 125 cm³/mol. The Bertz CT molecular complexity index is 1170. The van der Waals surface area contributed by atoms with Crippen LogP contribution in [0.1, 0.15) is 69.8 Å². The lowest BCUT2D eigenvalue weighted by Crippen LogP contribution is -2.40. The van der Waals surface area contributed by atoms with Gasteiger partial charge in [0.2, 0.25) is 5.91 Å². The molecular weight excluding hydrogens is 476 g/mol. The maximum absolute atomic E-state index is 14.1. The van der Waals surface area contributed by atoms with E-state index < -0.39 is 11.6 Å². The van der Waals surface area contributed by atoms with Crippen molar-refractivity contribution in [2.24, 2.45) is 5.92 Å². The number of benzene rings is 2. The Kier molecular flexibility index (Phi) is 5.78. The molecule has 2 heterocycles. The van der Waals surface area contributed by atoms with Gasteiger partial charge in [-0.25, -0.2) is 13.8 Å². The molecule has 0 N–H and O–H groups in total. The van der Waals surface area contributed by atoms with Gasteiger partial charge in [0.05, 0.1) is 17.1 Å². The third kappa shape index (κ3) is 3.85. The quantitative estimate of drug-likeness (QED) is 0.384. The number of nitrogens with zero attached hydrogens (tertiary/aromatic N) is 3. The normalized spacial score (nSPS) is 24.3. The Hall–Kier alpha value is -2.28. The molecule has 32 heavy (non-hydrogen) atoms. The molecular formula is C25H26BrF2N3O. The highest BCUT2D eigenvalue weighted by Gasteiger charge is 2.36. The van der Waals surface area contributed by atoms with Crippen molar-refractivity contribution in [3.63, 3.8) is 0 Å². The largest absolute Gasteiger partial charge is 0.323 e. The molecule has 2 fully saturated rings. The molecule has 0 spiro atoms. The SMILES string of the molecule is C[C@H]1CC[C@H](n2c([C@@H]3CCCC(=O)N3c3ccc(F)c(F)c3)nc3cc(Br)ccc32)CC1. The molecule has 0 bridgehead atoms. The van der Waals surface area contributed by atoms with Crippen LogP contribution in [0.2, 0.25) is 0 Å². The Balaban J connectivity index is 1.65. The minimum atomic E-state index is -0.946. The van der Waals surface area contributed by atoms with E-state index in [-0.39, 0.29) is 11.9 Å². The van der Waals surface area contributed by atoms with E-state index in [4.69, 9.17) is 4.98 Å². The summed E-state index contributed by atoms with van der Waals surface area (Å²) in [6, 6.07) is 9.82. The lowest BCUT2D eigenvalue weighted by molar-refractivity contribution is -0.120. The van der Waals surface area contributed by atoms with Crippen LogP contribution in [-0.4, -0.2) is 15.5 Å². The van der Waals surface area contributed by atoms with Gasteiger partial charge in [0.1, 0.15) is 5.82 Å². The van der Waals surface area contributed by atoms with Gasteiger partial charge >= 0.3 is 0 Å². The fraction of sp³-hybridized carbons (Fsp3) is 0.440. The first kappa shape index (κ1) is 21.6. The molecule has 1 aliphatic heterocycles. The van der Waals surface area contributed by atoms with Crippen molar-refractivity contribution >= 4 is 38.6 Å². The first-order valence-electron chi connectivity index (χ1n) is 11.4. The number of imidazole rings is 1. The van der Waals surface area contributed by atoms with Gasteiger partial charge < -0.3 is 9.47 Å². The van der Waals surface area contributed by atoms with Gasteiger partial charge in [-0.05, 0) is 74.8 Å². The molecule has 2 aliphatic rings. The number of aromatic nitrogens is 2. The molecule has 1 aliphatic carbocycles. The fourth-order valence-electron chi connectivity index (χ4n) is 5.28. The maximum atomic E-state index is 14.1. The molecule has 0 radical (unpaired) electrons. The second-order valence-electron chi connectivity index (χ2n) is 9.16. The number of piperidine rings is 1. The van der Waals surface area contributed by atoms with E-state index in [1.807, 2.05) is 12.1 Å². The number of fused-ring (bicyclic) bond motifs is 1. The smallest absolute Gasteiger partial charge is 0.227 e. The third-order valence-electron chi connectivity index (χ3n) is 6.96. The lowest BCUT2D eigenvalue weighted by atomic mass is 9.87. The highest BCUT2D eigenvalue weighted by atomic mass is 79.9. The van der Waals surface area contributed by atoms with Crippen molar-refractivity contribution in [3.8, 4) is 0 Å². The molecule has 1 aromatic heterocycles. The van der Waals surface area contributed by atoms with Gasteiger partial charge in [0.25, 0.3) is 0 Å². The number of rotatable bonds is 3. The Morgan fingerprint density at radius 3 is 2.53 bits per heavy atom. The molecule has 168 valence electrons. The van der Waals surface area contributed by atoms with E-state index in [1.165, 1.54) is 6.07 Å². The van der Waals surface area contributed by atoms with Crippen molar-refractivity contribution in [2.45, 2.75) is 64.0 Å². The van der Waals surface area contributed by atoms with Crippen molar-refractivity contribution < 1.29 is 13.6 Å².